The lowest BCUT2D eigenvalue weighted by molar-refractivity contribution is -0.119. The van der Waals surface area contributed by atoms with Gasteiger partial charge in [-0.15, -0.1) is 0 Å². The van der Waals surface area contributed by atoms with E-state index in [-0.39, 0.29) is 18.0 Å². The largest absolute Gasteiger partial charge is 0.493 e. The normalized spacial score (nSPS) is 13.6. The average Bonchev–Trinajstić information content (AvgIpc) is 2.85. The SMILES string of the molecule is COc1ccc(NC(=O)C2=NNC(=O)C2)cc1OC. The number of hydrogen-bond donors (Lipinski definition) is 2. The van der Waals surface area contributed by atoms with E-state index in [0.29, 0.717) is 17.2 Å². The maximum atomic E-state index is 11.8. The van der Waals surface area contributed by atoms with E-state index >= 15 is 0 Å². The Kier molecular flexibility index (Phi) is 3.65. The Labute approximate surface area is 109 Å². The molecule has 19 heavy (non-hydrogen) atoms. The number of methoxy groups -OCH3 is 2. The number of nitrogens with zero attached hydrogens (tertiary/aromatic N) is 1. The molecule has 2 N–H and O–H groups in total. The number of amides is 2. The van der Waals surface area contributed by atoms with Gasteiger partial charge in [0.2, 0.25) is 5.91 Å². The summed E-state index contributed by atoms with van der Waals surface area (Å²) >= 11 is 0. The summed E-state index contributed by atoms with van der Waals surface area (Å²) in [6, 6.07) is 4.97. The van der Waals surface area contributed by atoms with Crippen molar-refractivity contribution in [1.82, 2.24) is 5.43 Å². The molecule has 0 fully saturated rings. The first-order valence-corrected chi connectivity index (χ1v) is 5.53. The fourth-order valence-corrected chi connectivity index (χ4v) is 1.61. The Bertz CT molecular complexity index is 554. The molecular weight excluding hydrogens is 250 g/mol. The van der Waals surface area contributed by atoms with E-state index in [2.05, 4.69) is 15.8 Å². The van der Waals surface area contributed by atoms with Gasteiger partial charge in [0.15, 0.2) is 11.5 Å². The van der Waals surface area contributed by atoms with Crippen molar-refractivity contribution >= 4 is 23.2 Å². The van der Waals surface area contributed by atoms with Crippen molar-refractivity contribution < 1.29 is 19.1 Å². The highest BCUT2D eigenvalue weighted by molar-refractivity contribution is 6.46. The number of hydrazone groups is 1. The predicted molar refractivity (Wildman–Crippen MR) is 68.4 cm³/mol. The average molecular weight is 263 g/mol. The van der Waals surface area contributed by atoms with Gasteiger partial charge in [0.1, 0.15) is 5.71 Å². The molecule has 0 unspecified atom stereocenters. The van der Waals surface area contributed by atoms with Crippen molar-refractivity contribution in [2.45, 2.75) is 6.42 Å². The highest BCUT2D eigenvalue weighted by atomic mass is 16.5. The standard InChI is InChI=1S/C12H13N3O4/c1-18-9-4-3-7(5-10(9)19-2)13-12(17)8-6-11(16)15-14-8/h3-5H,6H2,1-2H3,(H,13,17)(H,15,16). The van der Waals surface area contributed by atoms with Gasteiger partial charge in [0.05, 0.1) is 20.6 Å². The second-order valence-corrected chi connectivity index (χ2v) is 3.79. The van der Waals surface area contributed by atoms with Crippen molar-refractivity contribution in [2.75, 3.05) is 19.5 Å². The molecular formula is C12H13N3O4. The molecule has 7 nitrogen and oxygen atoms in total. The fourth-order valence-electron chi connectivity index (χ4n) is 1.61. The van der Waals surface area contributed by atoms with Crippen LogP contribution in [0.2, 0.25) is 0 Å². The van der Waals surface area contributed by atoms with Crippen molar-refractivity contribution in [3.05, 3.63) is 18.2 Å². The number of benzene rings is 1. The molecule has 100 valence electrons. The molecule has 0 atom stereocenters. The van der Waals surface area contributed by atoms with E-state index in [1.165, 1.54) is 14.2 Å². The van der Waals surface area contributed by atoms with Gasteiger partial charge in [-0.25, -0.2) is 5.43 Å². The van der Waals surface area contributed by atoms with E-state index in [9.17, 15) is 9.59 Å². The number of carbonyl (C=O) groups is 2. The van der Waals surface area contributed by atoms with Crippen LogP contribution in [-0.4, -0.2) is 31.7 Å². The van der Waals surface area contributed by atoms with Gasteiger partial charge in [-0.05, 0) is 12.1 Å². The third-order valence-corrected chi connectivity index (χ3v) is 2.55. The van der Waals surface area contributed by atoms with Crippen molar-refractivity contribution in [3.8, 4) is 11.5 Å². The summed E-state index contributed by atoms with van der Waals surface area (Å²) in [5, 5.41) is 6.27. The lowest BCUT2D eigenvalue weighted by Gasteiger charge is -2.10. The lowest BCUT2D eigenvalue weighted by atomic mass is 10.2. The minimum absolute atomic E-state index is 0.0148. The van der Waals surface area contributed by atoms with Gasteiger partial charge in [-0.1, -0.05) is 0 Å². The molecule has 1 aromatic rings. The van der Waals surface area contributed by atoms with Crippen LogP contribution in [-0.2, 0) is 9.59 Å². The highest BCUT2D eigenvalue weighted by Crippen LogP contribution is 2.29. The Morgan fingerprint density at radius 2 is 2.05 bits per heavy atom. The molecule has 0 aromatic heterocycles. The molecule has 0 radical (unpaired) electrons. The fraction of sp³-hybridized carbons (Fsp3) is 0.250. The van der Waals surface area contributed by atoms with Crippen LogP contribution in [0.5, 0.6) is 11.5 Å². The minimum atomic E-state index is -0.425. The van der Waals surface area contributed by atoms with Crippen LogP contribution in [0.25, 0.3) is 0 Å². The van der Waals surface area contributed by atoms with Gasteiger partial charge in [0, 0.05) is 11.8 Å². The number of nitrogens with one attached hydrogen (secondary N) is 2. The number of anilines is 1. The first-order valence-electron chi connectivity index (χ1n) is 5.53. The molecule has 0 bridgehead atoms. The maximum absolute atomic E-state index is 11.8. The summed E-state index contributed by atoms with van der Waals surface area (Å²) in [6.07, 6.45) is -0.0148. The molecule has 2 rings (SSSR count). The Hall–Kier alpha value is -2.57. The minimum Gasteiger partial charge on any atom is -0.493 e. The van der Waals surface area contributed by atoms with Crippen LogP contribution < -0.4 is 20.2 Å². The van der Waals surface area contributed by atoms with Gasteiger partial charge in [-0.3, -0.25) is 9.59 Å². The van der Waals surface area contributed by atoms with E-state index < -0.39 is 5.91 Å². The monoisotopic (exact) mass is 263 g/mol. The van der Waals surface area contributed by atoms with E-state index in [0.717, 1.165) is 0 Å². The second-order valence-electron chi connectivity index (χ2n) is 3.79. The molecule has 1 aromatic carbocycles. The van der Waals surface area contributed by atoms with Crippen molar-refractivity contribution in [1.29, 1.82) is 0 Å². The molecule has 1 aliphatic rings. The van der Waals surface area contributed by atoms with Gasteiger partial charge < -0.3 is 14.8 Å². The van der Waals surface area contributed by atoms with Crippen LogP contribution in [0.4, 0.5) is 5.69 Å². The third kappa shape index (κ3) is 2.82. The summed E-state index contributed by atoms with van der Waals surface area (Å²) in [7, 11) is 3.04. The molecule has 0 aliphatic carbocycles. The Balaban J connectivity index is 2.11. The van der Waals surface area contributed by atoms with E-state index in [4.69, 9.17) is 9.47 Å². The Morgan fingerprint density at radius 1 is 1.32 bits per heavy atom. The molecule has 1 heterocycles. The van der Waals surface area contributed by atoms with Crippen LogP contribution in [0, 0.1) is 0 Å². The maximum Gasteiger partial charge on any atom is 0.272 e. The zero-order valence-corrected chi connectivity index (χ0v) is 10.5. The Morgan fingerprint density at radius 3 is 2.63 bits per heavy atom. The first-order chi connectivity index (χ1) is 9.13. The van der Waals surface area contributed by atoms with Crippen LogP contribution in [0.3, 0.4) is 0 Å². The van der Waals surface area contributed by atoms with E-state index in [1.54, 1.807) is 18.2 Å². The number of hydrogen-bond acceptors (Lipinski definition) is 5. The second kappa shape index (κ2) is 5.38. The van der Waals surface area contributed by atoms with Gasteiger partial charge in [0.25, 0.3) is 5.91 Å². The van der Waals surface area contributed by atoms with Crippen molar-refractivity contribution in [2.24, 2.45) is 5.10 Å². The van der Waals surface area contributed by atoms with Gasteiger partial charge >= 0.3 is 0 Å². The summed E-state index contributed by atoms with van der Waals surface area (Å²) in [4.78, 5) is 22.8. The topological polar surface area (TPSA) is 89.0 Å². The number of ether oxygens (including phenoxy) is 2. The molecule has 7 heteroatoms. The zero-order chi connectivity index (χ0) is 13.8. The highest BCUT2D eigenvalue weighted by Gasteiger charge is 2.21. The molecule has 0 saturated carbocycles. The quantitative estimate of drug-likeness (QED) is 0.828. The van der Waals surface area contributed by atoms with Crippen LogP contribution in [0.15, 0.2) is 23.3 Å². The van der Waals surface area contributed by atoms with Crippen LogP contribution in [0.1, 0.15) is 6.42 Å². The molecule has 2 amide bonds. The van der Waals surface area contributed by atoms with Crippen molar-refractivity contribution in [3.63, 3.8) is 0 Å². The number of rotatable bonds is 4. The number of carbonyl (C=O) groups excluding carboxylic acids is 2. The summed E-state index contributed by atoms with van der Waals surface area (Å²) < 4.78 is 10.2. The summed E-state index contributed by atoms with van der Waals surface area (Å²) in [5.74, 6) is 0.349. The molecule has 0 saturated heterocycles. The van der Waals surface area contributed by atoms with Crippen LogP contribution >= 0.6 is 0 Å². The predicted octanol–water partition coefficient (Wildman–Crippen LogP) is 0.518. The zero-order valence-electron chi connectivity index (χ0n) is 10.5. The molecule has 1 aliphatic heterocycles. The van der Waals surface area contributed by atoms with Gasteiger partial charge in [-0.2, -0.15) is 5.10 Å². The lowest BCUT2D eigenvalue weighted by Crippen LogP contribution is -2.22. The summed E-state index contributed by atoms with van der Waals surface area (Å²) in [5.41, 5.74) is 2.91. The van der Waals surface area contributed by atoms with E-state index in [1.807, 2.05) is 0 Å². The smallest absolute Gasteiger partial charge is 0.272 e. The third-order valence-electron chi connectivity index (χ3n) is 2.55. The summed E-state index contributed by atoms with van der Waals surface area (Å²) in [6.45, 7) is 0. The molecule has 0 spiro atoms. The first kappa shape index (κ1) is 12.9.